The minimum absolute atomic E-state index is 0.0171. The van der Waals surface area contributed by atoms with Crippen molar-refractivity contribution in [3.05, 3.63) is 65.7 Å². The SMILES string of the molecule is O=CCC[C@H](NC(=O)C1(O)CCC(OCc2ccccc2)CC1)c1cncc(F)c1. The summed E-state index contributed by atoms with van der Waals surface area (Å²) in [4.78, 5) is 27.4. The van der Waals surface area contributed by atoms with Gasteiger partial charge in [0.15, 0.2) is 0 Å². The van der Waals surface area contributed by atoms with Gasteiger partial charge in [-0.3, -0.25) is 9.78 Å². The van der Waals surface area contributed by atoms with Gasteiger partial charge in [0, 0.05) is 12.6 Å². The molecule has 1 saturated carbocycles. The van der Waals surface area contributed by atoms with Crippen molar-refractivity contribution in [3.63, 3.8) is 0 Å². The number of ether oxygens (including phenoxy) is 1. The van der Waals surface area contributed by atoms with E-state index < -0.39 is 23.4 Å². The monoisotopic (exact) mass is 414 g/mol. The molecule has 0 radical (unpaired) electrons. The number of amides is 1. The minimum Gasteiger partial charge on any atom is -0.380 e. The number of benzene rings is 1. The Labute approximate surface area is 175 Å². The zero-order valence-corrected chi connectivity index (χ0v) is 16.8. The van der Waals surface area contributed by atoms with Crippen LogP contribution in [-0.2, 0) is 20.9 Å². The quantitative estimate of drug-likeness (QED) is 0.615. The number of carbonyl (C=O) groups is 2. The molecule has 6 nitrogen and oxygen atoms in total. The number of hydrogen-bond donors (Lipinski definition) is 2. The lowest BCUT2D eigenvalue weighted by Gasteiger charge is -2.35. The summed E-state index contributed by atoms with van der Waals surface area (Å²) in [7, 11) is 0. The first-order valence-corrected chi connectivity index (χ1v) is 10.2. The van der Waals surface area contributed by atoms with Crippen molar-refractivity contribution in [2.24, 2.45) is 0 Å². The Morgan fingerprint density at radius 2 is 2.03 bits per heavy atom. The fourth-order valence-corrected chi connectivity index (χ4v) is 3.72. The molecule has 30 heavy (non-hydrogen) atoms. The van der Waals surface area contributed by atoms with E-state index >= 15 is 0 Å². The Kier molecular flexibility index (Phi) is 7.65. The maximum absolute atomic E-state index is 13.5. The average Bonchev–Trinajstić information content (AvgIpc) is 2.77. The molecule has 0 spiro atoms. The summed E-state index contributed by atoms with van der Waals surface area (Å²) in [5, 5.41) is 13.7. The molecular formula is C23H27FN2O4. The third-order valence-electron chi connectivity index (χ3n) is 5.52. The molecule has 1 fully saturated rings. The van der Waals surface area contributed by atoms with Crippen molar-refractivity contribution in [1.82, 2.24) is 10.3 Å². The van der Waals surface area contributed by atoms with E-state index in [9.17, 15) is 19.1 Å². The van der Waals surface area contributed by atoms with Crippen molar-refractivity contribution in [3.8, 4) is 0 Å². The normalized spacial score (nSPS) is 22.3. The van der Waals surface area contributed by atoms with Gasteiger partial charge >= 0.3 is 0 Å². The Morgan fingerprint density at radius 3 is 2.70 bits per heavy atom. The van der Waals surface area contributed by atoms with Gasteiger partial charge in [0.2, 0.25) is 0 Å². The summed E-state index contributed by atoms with van der Waals surface area (Å²) in [5.41, 5.74) is 0.0405. The van der Waals surface area contributed by atoms with Crippen molar-refractivity contribution in [1.29, 1.82) is 0 Å². The molecule has 0 unspecified atom stereocenters. The standard InChI is InChI=1S/C23H27FN2O4/c24-19-13-18(14-25-15-19)21(7-4-12-27)26-22(28)23(29)10-8-20(9-11-23)30-16-17-5-2-1-3-6-17/h1-3,5-6,12-15,20-21,29H,4,7-11,16H2,(H,26,28)/t20?,21-,23?/m0/s1. The summed E-state index contributed by atoms with van der Waals surface area (Å²) in [6.07, 6.45) is 5.46. The lowest BCUT2D eigenvalue weighted by atomic mass is 9.82. The Bertz CT molecular complexity index is 838. The number of aromatic nitrogens is 1. The fourth-order valence-electron chi connectivity index (χ4n) is 3.72. The molecule has 1 atom stereocenters. The topological polar surface area (TPSA) is 88.5 Å². The van der Waals surface area contributed by atoms with E-state index in [1.54, 1.807) is 0 Å². The van der Waals surface area contributed by atoms with E-state index in [1.165, 1.54) is 12.3 Å². The molecule has 1 aromatic heterocycles. The van der Waals surface area contributed by atoms with E-state index in [-0.39, 0.29) is 25.4 Å². The highest BCUT2D eigenvalue weighted by Crippen LogP contribution is 2.32. The van der Waals surface area contributed by atoms with E-state index in [0.717, 1.165) is 18.0 Å². The number of halogens is 1. The van der Waals surface area contributed by atoms with Gasteiger partial charge in [-0.2, -0.15) is 0 Å². The highest BCUT2D eigenvalue weighted by atomic mass is 19.1. The maximum atomic E-state index is 13.5. The van der Waals surface area contributed by atoms with Crippen LogP contribution in [0.2, 0.25) is 0 Å². The van der Waals surface area contributed by atoms with E-state index in [2.05, 4.69) is 10.3 Å². The van der Waals surface area contributed by atoms with Crippen LogP contribution in [0.3, 0.4) is 0 Å². The molecule has 2 aromatic rings. The van der Waals surface area contributed by atoms with Crippen LogP contribution in [0.5, 0.6) is 0 Å². The third kappa shape index (κ3) is 5.93. The number of nitrogens with one attached hydrogen (secondary N) is 1. The van der Waals surface area contributed by atoms with Crippen molar-refractivity contribution in [2.45, 2.75) is 62.9 Å². The van der Waals surface area contributed by atoms with Gasteiger partial charge < -0.3 is 20.0 Å². The second-order valence-electron chi connectivity index (χ2n) is 7.73. The Morgan fingerprint density at radius 1 is 1.30 bits per heavy atom. The van der Waals surface area contributed by atoms with Gasteiger partial charge in [-0.25, -0.2) is 4.39 Å². The van der Waals surface area contributed by atoms with E-state index in [0.29, 0.717) is 31.4 Å². The zero-order chi connectivity index (χ0) is 21.4. The molecule has 2 N–H and O–H groups in total. The molecule has 160 valence electrons. The van der Waals surface area contributed by atoms with Crippen LogP contribution in [0.1, 0.15) is 55.7 Å². The third-order valence-corrected chi connectivity index (χ3v) is 5.52. The summed E-state index contributed by atoms with van der Waals surface area (Å²) in [5.74, 6) is -1.03. The first-order valence-electron chi connectivity index (χ1n) is 10.2. The summed E-state index contributed by atoms with van der Waals surface area (Å²) in [6, 6.07) is 10.5. The molecule has 1 heterocycles. The summed E-state index contributed by atoms with van der Waals surface area (Å²) < 4.78 is 19.5. The number of pyridine rings is 1. The summed E-state index contributed by atoms with van der Waals surface area (Å²) in [6.45, 7) is 0.497. The van der Waals surface area contributed by atoms with E-state index in [1.807, 2.05) is 30.3 Å². The van der Waals surface area contributed by atoms with Gasteiger partial charge in [-0.1, -0.05) is 30.3 Å². The largest absolute Gasteiger partial charge is 0.380 e. The number of hydrogen-bond acceptors (Lipinski definition) is 5. The van der Waals surface area contributed by atoms with Crippen molar-refractivity contribution < 1.29 is 23.8 Å². The molecule has 1 aromatic carbocycles. The maximum Gasteiger partial charge on any atom is 0.252 e. The zero-order valence-electron chi connectivity index (χ0n) is 16.8. The molecule has 1 aliphatic carbocycles. The van der Waals surface area contributed by atoms with Crippen LogP contribution in [-0.4, -0.2) is 34.0 Å². The summed E-state index contributed by atoms with van der Waals surface area (Å²) >= 11 is 0. The van der Waals surface area contributed by atoms with Gasteiger partial charge in [0.05, 0.1) is 24.9 Å². The van der Waals surface area contributed by atoms with Crippen LogP contribution in [0, 0.1) is 5.82 Å². The Hall–Kier alpha value is -2.64. The number of rotatable bonds is 9. The molecule has 1 aliphatic rings. The molecule has 3 rings (SSSR count). The van der Waals surface area contributed by atoms with Gasteiger partial charge in [-0.05, 0) is 49.3 Å². The van der Waals surface area contributed by atoms with Gasteiger partial charge in [-0.15, -0.1) is 0 Å². The predicted octanol–water partition coefficient (Wildman–Crippen LogP) is 3.25. The highest BCUT2D eigenvalue weighted by Gasteiger charge is 2.41. The van der Waals surface area contributed by atoms with Crippen LogP contribution >= 0.6 is 0 Å². The van der Waals surface area contributed by atoms with Gasteiger partial charge in [0.25, 0.3) is 5.91 Å². The highest BCUT2D eigenvalue weighted by molar-refractivity contribution is 5.85. The first kappa shape index (κ1) is 22.1. The van der Waals surface area contributed by atoms with Crippen molar-refractivity contribution >= 4 is 12.2 Å². The number of carbonyl (C=O) groups excluding carboxylic acids is 2. The molecule has 0 saturated heterocycles. The van der Waals surface area contributed by atoms with Gasteiger partial charge in [0.1, 0.15) is 17.7 Å². The van der Waals surface area contributed by atoms with Crippen LogP contribution in [0.4, 0.5) is 4.39 Å². The molecule has 1 amide bonds. The second-order valence-corrected chi connectivity index (χ2v) is 7.73. The lowest BCUT2D eigenvalue weighted by Crippen LogP contribution is -2.50. The minimum atomic E-state index is -1.51. The lowest BCUT2D eigenvalue weighted by molar-refractivity contribution is -0.147. The van der Waals surface area contributed by atoms with Crippen LogP contribution in [0.25, 0.3) is 0 Å². The molecule has 0 bridgehead atoms. The molecular weight excluding hydrogens is 387 g/mol. The first-order chi connectivity index (χ1) is 14.5. The molecule has 7 heteroatoms. The number of aliphatic hydroxyl groups is 1. The van der Waals surface area contributed by atoms with Crippen LogP contribution in [0.15, 0.2) is 48.8 Å². The van der Waals surface area contributed by atoms with Crippen LogP contribution < -0.4 is 5.32 Å². The molecule has 0 aliphatic heterocycles. The average molecular weight is 414 g/mol. The number of aldehydes is 1. The predicted molar refractivity (Wildman–Crippen MR) is 109 cm³/mol. The van der Waals surface area contributed by atoms with Crippen molar-refractivity contribution in [2.75, 3.05) is 0 Å². The second kappa shape index (κ2) is 10.4. The Balaban J connectivity index is 1.56. The fraction of sp³-hybridized carbons (Fsp3) is 0.435. The van der Waals surface area contributed by atoms with E-state index in [4.69, 9.17) is 4.74 Å². The smallest absolute Gasteiger partial charge is 0.252 e. The number of nitrogens with zero attached hydrogens (tertiary/aromatic N) is 1.